The predicted octanol–water partition coefficient (Wildman–Crippen LogP) is 5.02. The highest BCUT2D eigenvalue weighted by Crippen LogP contribution is 2.32. The van der Waals surface area contributed by atoms with Crippen molar-refractivity contribution < 1.29 is 4.79 Å². The van der Waals surface area contributed by atoms with E-state index < -0.39 is 0 Å². The topological polar surface area (TPSA) is 54.9 Å². The predicted molar refractivity (Wildman–Crippen MR) is 105 cm³/mol. The Morgan fingerprint density at radius 1 is 1.17 bits per heavy atom. The summed E-state index contributed by atoms with van der Waals surface area (Å²) in [5, 5.41) is 11.2. The molecule has 0 saturated carbocycles. The number of benzene rings is 1. The van der Waals surface area contributed by atoms with Gasteiger partial charge in [0.25, 0.3) is 0 Å². The van der Waals surface area contributed by atoms with Crippen molar-refractivity contribution in [3.05, 3.63) is 29.3 Å². The van der Waals surface area contributed by atoms with Crippen molar-refractivity contribution in [3.63, 3.8) is 0 Å². The van der Waals surface area contributed by atoms with Crippen LogP contribution in [0, 0.1) is 19.8 Å². The van der Waals surface area contributed by atoms with Gasteiger partial charge in [-0.05, 0) is 37.8 Å². The summed E-state index contributed by atoms with van der Waals surface area (Å²) in [6.07, 6.45) is 0. The van der Waals surface area contributed by atoms with E-state index in [4.69, 9.17) is 0 Å². The third-order valence-corrected chi connectivity index (χ3v) is 6.97. The monoisotopic (exact) mass is 381 g/mol. The number of hydrogen-bond donors (Lipinski definition) is 1. The molecule has 1 aromatic heterocycles. The average Bonchev–Trinajstić information content (AvgIpc) is 2.96. The summed E-state index contributed by atoms with van der Waals surface area (Å²) in [5.74, 6) is 1.64. The lowest BCUT2D eigenvalue weighted by atomic mass is 10.1. The van der Waals surface area contributed by atoms with Gasteiger partial charge in [-0.2, -0.15) is 0 Å². The van der Waals surface area contributed by atoms with Crippen molar-refractivity contribution in [2.45, 2.75) is 48.5 Å². The number of aromatic nitrogens is 2. The fourth-order valence-corrected chi connectivity index (χ4v) is 5.12. The molecule has 0 aliphatic heterocycles. The lowest BCUT2D eigenvalue weighted by molar-refractivity contribution is -0.115. The van der Waals surface area contributed by atoms with E-state index in [1.54, 1.807) is 23.1 Å². The number of nitrogens with one attached hydrogen (secondary N) is 1. The van der Waals surface area contributed by atoms with Gasteiger partial charge in [0, 0.05) is 11.4 Å². The highest BCUT2D eigenvalue weighted by molar-refractivity contribution is 8.03. The Morgan fingerprint density at radius 3 is 2.42 bits per heavy atom. The van der Waals surface area contributed by atoms with E-state index in [2.05, 4.69) is 29.4 Å². The van der Waals surface area contributed by atoms with E-state index in [9.17, 15) is 4.79 Å². The lowest BCUT2D eigenvalue weighted by Gasteiger charge is -2.14. The number of carbonyl (C=O) groups excluding carboxylic acids is 1. The molecular formula is C17H23N3OS3. The molecule has 0 fully saturated rings. The highest BCUT2D eigenvalue weighted by Gasteiger charge is 2.18. The zero-order chi connectivity index (χ0) is 17.7. The fraction of sp³-hybridized carbons (Fsp3) is 0.471. The van der Waals surface area contributed by atoms with E-state index in [1.807, 2.05) is 39.0 Å². The van der Waals surface area contributed by atoms with Gasteiger partial charge in [0.2, 0.25) is 5.91 Å². The first kappa shape index (κ1) is 19.3. The Balaban J connectivity index is 1.94. The van der Waals surface area contributed by atoms with Crippen molar-refractivity contribution in [3.8, 4) is 0 Å². The van der Waals surface area contributed by atoms with Crippen LogP contribution in [0.25, 0.3) is 0 Å². The van der Waals surface area contributed by atoms with Gasteiger partial charge in [-0.1, -0.05) is 66.9 Å². The first-order chi connectivity index (χ1) is 11.4. The number of aryl methyl sites for hydroxylation is 2. The number of amides is 1. The van der Waals surface area contributed by atoms with Gasteiger partial charge in [0.15, 0.2) is 8.68 Å². The van der Waals surface area contributed by atoms with Crippen LogP contribution in [0.4, 0.5) is 5.69 Å². The number of para-hydroxylation sites is 1. The Bertz CT molecular complexity index is 680. The van der Waals surface area contributed by atoms with Crippen LogP contribution < -0.4 is 5.32 Å². The molecule has 24 heavy (non-hydrogen) atoms. The minimum absolute atomic E-state index is 0.0102. The summed E-state index contributed by atoms with van der Waals surface area (Å²) in [4.78, 5) is 12.5. The van der Waals surface area contributed by atoms with Crippen molar-refractivity contribution in [2.24, 2.45) is 5.92 Å². The summed E-state index contributed by atoms with van der Waals surface area (Å²) in [6, 6.07) is 6.00. The first-order valence-electron chi connectivity index (χ1n) is 7.87. The Morgan fingerprint density at radius 2 is 1.79 bits per heavy atom. The molecule has 4 nitrogen and oxygen atoms in total. The maximum atomic E-state index is 12.5. The quantitative estimate of drug-likeness (QED) is 0.682. The second-order valence-electron chi connectivity index (χ2n) is 6.05. The number of rotatable bonds is 7. The molecule has 1 heterocycles. The molecule has 130 valence electrons. The maximum absolute atomic E-state index is 12.5. The molecule has 0 aliphatic carbocycles. The molecule has 1 atom stereocenters. The van der Waals surface area contributed by atoms with Gasteiger partial charge in [-0.15, -0.1) is 10.2 Å². The number of nitrogens with zero attached hydrogens (tertiary/aromatic N) is 2. The van der Waals surface area contributed by atoms with Crippen molar-refractivity contribution >= 4 is 46.5 Å². The molecule has 2 rings (SSSR count). The molecule has 1 aromatic carbocycles. The van der Waals surface area contributed by atoms with E-state index in [0.29, 0.717) is 5.92 Å². The molecule has 2 aromatic rings. The van der Waals surface area contributed by atoms with Crippen LogP contribution in [0.2, 0.25) is 0 Å². The third-order valence-electron chi connectivity index (χ3n) is 3.30. The summed E-state index contributed by atoms with van der Waals surface area (Å²) in [7, 11) is 0. The van der Waals surface area contributed by atoms with Crippen LogP contribution in [-0.4, -0.2) is 27.1 Å². The number of carbonyl (C=O) groups is 1. The zero-order valence-corrected chi connectivity index (χ0v) is 17.1. The van der Waals surface area contributed by atoms with Crippen LogP contribution in [-0.2, 0) is 4.79 Å². The minimum atomic E-state index is -0.222. The van der Waals surface area contributed by atoms with E-state index >= 15 is 0 Å². The largest absolute Gasteiger partial charge is 0.325 e. The van der Waals surface area contributed by atoms with Crippen LogP contribution >= 0.6 is 34.9 Å². The average molecular weight is 382 g/mol. The number of anilines is 1. The molecule has 0 unspecified atom stereocenters. The van der Waals surface area contributed by atoms with Gasteiger partial charge >= 0.3 is 0 Å². The minimum Gasteiger partial charge on any atom is -0.325 e. The maximum Gasteiger partial charge on any atom is 0.237 e. The second kappa shape index (κ2) is 8.87. The standard InChI is InChI=1S/C17H23N3OS3/c1-10(2)9-22-16-19-20-17(24-16)23-13(5)15(21)18-14-11(3)7-6-8-12(14)4/h6-8,10,13H,9H2,1-5H3,(H,18,21)/t13-/m1/s1. The van der Waals surface area contributed by atoms with Gasteiger partial charge in [0.05, 0.1) is 5.25 Å². The van der Waals surface area contributed by atoms with Gasteiger partial charge in [0.1, 0.15) is 0 Å². The third kappa shape index (κ3) is 5.50. The smallest absolute Gasteiger partial charge is 0.237 e. The molecule has 7 heteroatoms. The molecule has 0 radical (unpaired) electrons. The second-order valence-corrected chi connectivity index (χ2v) is 9.89. The first-order valence-corrected chi connectivity index (χ1v) is 10.5. The van der Waals surface area contributed by atoms with Gasteiger partial charge < -0.3 is 5.32 Å². The summed E-state index contributed by atoms with van der Waals surface area (Å²) >= 11 is 4.74. The summed E-state index contributed by atoms with van der Waals surface area (Å²) < 4.78 is 1.80. The Labute approximate surface area is 156 Å². The van der Waals surface area contributed by atoms with Crippen LogP contribution in [0.3, 0.4) is 0 Å². The van der Waals surface area contributed by atoms with Crippen molar-refractivity contribution in [2.75, 3.05) is 11.1 Å². The zero-order valence-electron chi connectivity index (χ0n) is 14.6. The van der Waals surface area contributed by atoms with Gasteiger partial charge in [-0.3, -0.25) is 4.79 Å². The van der Waals surface area contributed by atoms with Crippen molar-refractivity contribution in [1.29, 1.82) is 0 Å². The van der Waals surface area contributed by atoms with E-state index in [-0.39, 0.29) is 11.2 Å². The number of thioether (sulfide) groups is 2. The molecule has 1 amide bonds. The molecule has 0 bridgehead atoms. The molecule has 1 N–H and O–H groups in total. The SMILES string of the molecule is Cc1cccc(C)c1NC(=O)[C@@H](C)Sc1nnc(SCC(C)C)s1. The van der Waals surface area contributed by atoms with Crippen LogP contribution in [0.5, 0.6) is 0 Å². The Hall–Kier alpha value is -1.05. The summed E-state index contributed by atoms with van der Waals surface area (Å²) in [6.45, 7) is 10.3. The molecular weight excluding hydrogens is 358 g/mol. The van der Waals surface area contributed by atoms with Gasteiger partial charge in [-0.25, -0.2) is 0 Å². The van der Waals surface area contributed by atoms with E-state index in [0.717, 1.165) is 31.2 Å². The van der Waals surface area contributed by atoms with Crippen LogP contribution in [0.1, 0.15) is 31.9 Å². The lowest BCUT2D eigenvalue weighted by Crippen LogP contribution is -2.23. The molecule has 0 spiro atoms. The van der Waals surface area contributed by atoms with Crippen LogP contribution in [0.15, 0.2) is 26.9 Å². The Kier molecular flexibility index (Phi) is 7.13. The molecule has 0 saturated heterocycles. The highest BCUT2D eigenvalue weighted by atomic mass is 32.2. The van der Waals surface area contributed by atoms with E-state index in [1.165, 1.54) is 11.8 Å². The fourth-order valence-electron chi connectivity index (χ4n) is 1.98. The number of hydrogen-bond acceptors (Lipinski definition) is 6. The normalized spacial score (nSPS) is 12.4. The molecule has 0 aliphatic rings. The summed E-state index contributed by atoms with van der Waals surface area (Å²) in [5.41, 5.74) is 3.05. The van der Waals surface area contributed by atoms with Crippen molar-refractivity contribution in [1.82, 2.24) is 10.2 Å².